The maximum absolute atomic E-state index is 12.4. The quantitative estimate of drug-likeness (QED) is 0.867. The van der Waals surface area contributed by atoms with Gasteiger partial charge in [0.1, 0.15) is 0 Å². The van der Waals surface area contributed by atoms with Crippen LogP contribution in [0.15, 0.2) is 53.4 Å². The van der Waals surface area contributed by atoms with Crippen LogP contribution in [0, 0.1) is 6.92 Å². The van der Waals surface area contributed by atoms with E-state index in [1.54, 1.807) is 29.2 Å². The van der Waals surface area contributed by atoms with E-state index in [0.717, 1.165) is 23.2 Å². The van der Waals surface area contributed by atoms with E-state index in [9.17, 15) is 13.2 Å². The molecule has 0 fully saturated rings. The highest BCUT2D eigenvalue weighted by Gasteiger charge is 2.25. The third-order valence-corrected chi connectivity index (χ3v) is 5.88. The molecule has 1 amide bonds. The summed E-state index contributed by atoms with van der Waals surface area (Å²) < 4.78 is 24.7. The summed E-state index contributed by atoms with van der Waals surface area (Å²) in [6.07, 6.45) is 0.831. The molecule has 1 aliphatic heterocycles. The minimum atomic E-state index is -3.43. The zero-order valence-electron chi connectivity index (χ0n) is 13.0. The lowest BCUT2D eigenvalue weighted by molar-refractivity contribution is -0.118. The molecule has 0 radical (unpaired) electrons. The van der Waals surface area contributed by atoms with Gasteiger partial charge in [-0.1, -0.05) is 35.9 Å². The summed E-state index contributed by atoms with van der Waals surface area (Å²) in [4.78, 5) is 14.4. The Labute approximate surface area is 136 Å². The van der Waals surface area contributed by atoms with Crippen LogP contribution in [0.5, 0.6) is 0 Å². The van der Waals surface area contributed by atoms with Crippen LogP contribution in [0.2, 0.25) is 0 Å². The van der Waals surface area contributed by atoms with Crippen LogP contribution < -0.4 is 4.90 Å². The molecule has 3 rings (SSSR count). The number of para-hydroxylation sites is 1. The van der Waals surface area contributed by atoms with Crippen LogP contribution in [-0.4, -0.2) is 26.6 Å². The van der Waals surface area contributed by atoms with Gasteiger partial charge in [0.05, 0.1) is 10.6 Å². The minimum absolute atomic E-state index is 0.00451. The number of carbonyl (C=O) groups excluding carboxylic acids is 1. The molecule has 0 N–H and O–H groups in total. The highest BCUT2D eigenvalue weighted by Crippen LogP contribution is 2.28. The number of fused-ring (bicyclic) bond motifs is 1. The van der Waals surface area contributed by atoms with Crippen molar-refractivity contribution in [3.8, 4) is 0 Å². The number of nitrogens with zero attached hydrogens (tertiary/aromatic N) is 1. The summed E-state index contributed by atoms with van der Waals surface area (Å²) in [5, 5.41) is 0. The van der Waals surface area contributed by atoms with E-state index < -0.39 is 9.84 Å². The second kappa shape index (κ2) is 6.16. The summed E-state index contributed by atoms with van der Waals surface area (Å²) in [5.74, 6) is -0.293. The zero-order valence-corrected chi connectivity index (χ0v) is 13.8. The zero-order chi connectivity index (χ0) is 16.4. The van der Waals surface area contributed by atoms with E-state index in [-0.39, 0.29) is 23.0 Å². The lowest BCUT2D eigenvalue weighted by Crippen LogP contribution is -2.30. The van der Waals surface area contributed by atoms with Crippen LogP contribution >= 0.6 is 0 Å². The van der Waals surface area contributed by atoms with Crippen molar-refractivity contribution in [2.24, 2.45) is 0 Å². The number of amides is 1. The summed E-state index contributed by atoms with van der Waals surface area (Å²) in [7, 11) is -3.43. The van der Waals surface area contributed by atoms with Gasteiger partial charge in [0.25, 0.3) is 0 Å². The van der Waals surface area contributed by atoms with Crippen molar-refractivity contribution in [3.63, 3.8) is 0 Å². The predicted molar refractivity (Wildman–Crippen MR) is 90.3 cm³/mol. The van der Waals surface area contributed by atoms with Crippen molar-refractivity contribution in [2.75, 3.05) is 17.2 Å². The van der Waals surface area contributed by atoms with E-state index in [4.69, 9.17) is 0 Å². The molecule has 120 valence electrons. The van der Waals surface area contributed by atoms with Gasteiger partial charge in [-0.15, -0.1) is 0 Å². The molecule has 2 aromatic rings. The number of anilines is 1. The van der Waals surface area contributed by atoms with Gasteiger partial charge in [-0.3, -0.25) is 4.79 Å². The van der Waals surface area contributed by atoms with Gasteiger partial charge in [0.15, 0.2) is 9.84 Å². The molecule has 5 heteroatoms. The molecular weight excluding hydrogens is 310 g/mol. The van der Waals surface area contributed by atoms with Crippen LogP contribution in [-0.2, 0) is 21.1 Å². The van der Waals surface area contributed by atoms with Crippen molar-refractivity contribution in [2.45, 2.75) is 24.7 Å². The first kappa shape index (κ1) is 15.7. The topological polar surface area (TPSA) is 54.5 Å². The molecule has 0 unspecified atom stereocenters. The molecule has 0 saturated carbocycles. The van der Waals surface area contributed by atoms with Gasteiger partial charge in [-0.05, 0) is 37.1 Å². The normalized spacial score (nSPS) is 13.9. The Bertz CT molecular complexity index is 826. The molecule has 1 aliphatic rings. The van der Waals surface area contributed by atoms with Crippen molar-refractivity contribution in [1.29, 1.82) is 0 Å². The third kappa shape index (κ3) is 3.29. The fraction of sp³-hybridized carbons (Fsp3) is 0.278. The van der Waals surface area contributed by atoms with Crippen molar-refractivity contribution in [1.82, 2.24) is 0 Å². The first-order chi connectivity index (χ1) is 11.0. The van der Waals surface area contributed by atoms with Crippen molar-refractivity contribution in [3.05, 3.63) is 59.7 Å². The summed E-state index contributed by atoms with van der Waals surface area (Å²) >= 11 is 0. The Morgan fingerprint density at radius 3 is 2.52 bits per heavy atom. The number of carbonyl (C=O) groups is 1. The maximum Gasteiger partial charge on any atom is 0.228 e. The molecule has 0 atom stereocenters. The first-order valence-electron chi connectivity index (χ1n) is 7.65. The van der Waals surface area contributed by atoms with Crippen LogP contribution in [0.25, 0.3) is 0 Å². The molecule has 0 spiro atoms. The Balaban J connectivity index is 1.69. The van der Waals surface area contributed by atoms with Crippen molar-refractivity contribution >= 4 is 21.4 Å². The number of hydrogen-bond donors (Lipinski definition) is 0. The lowest BCUT2D eigenvalue weighted by atomic mass is 10.2. The first-order valence-corrected chi connectivity index (χ1v) is 9.30. The second-order valence-electron chi connectivity index (χ2n) is 5.81. The molecule has 1 heterocycles. The average Bonchev–Trinajstić information content (AvgIpc) is 2.97. The molecule has 0 saturated heterocycles. The minimum Gasteiger partial charge on any atom is -0.312 e. The SMILES string of the molecule is Cc1ccc(S(=O)(=O)CCC(=O)N2CCc3ccccc32)cc1. The number of hydrogen-bond acceptors (Lipinski definition) is 3. The summed E-state index contributed by atoms with van der Waals surface area (Å²) in [6.45, 7) is 2.54. The Kier molecular flexibility index (Phi) is 4.22. The number of rotatable bonds is 4. The second-order valence-corrected chi connectivity index (χ2v) is 7.92. The monoisotopic (exact) mass is 329 g/mol. The molecule has 4 nitrogen and oxygen atoms in total. The standard InChI is InChI=1S/C18H19NO3S/c1-14-6-8-16(9-7-14)23(21,22)13-11-18(20)19-12-10-15-4-2-3-5-17(15)19/h2-9H,10-13H2,1H3. The number of sulfone groups is 1. The van der Waals surface area contributed by atoms with E-state index in [1.807, 2.05) is 31.2 Å². The van der Waals surface area contributed by atoms with E-state index >= 15 is 0 Å². The third-order valence-electron chi connectivity index (χ3n) is 4.15. The lowest BCUT2D eigenvalue weighted by Gasteiger charge is -2.17. The Morgan fingerprint density at radius 2 is 1.78 bits per heavy atom. The summed E-state index contributed by atoms with van der Waals surface area (Å²) in [6, 6.07) is 14.5. The van der Waals surface area contributed by atoms with Gasteiger partial charge in [-0.25, -0.2) is 8.42 Å². The van der Waals surface area contributed by atoms with Crippen molar-refractivity contribution < 1.29 is 13.2 Å². The highest BCUT2D eigenvalue weighted by atomic mass is 32.2. The number of aryl methyl sites for hydroxylation is 1. The maximum atomic E-state index is 12.4. The largest absolute Gasteiger partial charge is 0.312 e. The van der Waals surface area contributed by atoms with Crippen LogP contribution in [0.3, 0.4) is 0 Å². The fourth-order valence-corrected chi connectivity index (χ4v) is 4.05. The molecule has 0 aromatic heterocycles. The van der Waals surface area contributed by atoms with E-state index in [2.05, 4.69) is 0 Å². The predicted octanol–water partition coefficient (Wildman–Crippen LogP) is 2.75. The van der Waals surface area contributed by atoms with Gasteiger partial charge in [0.2, 0.25) is 5.91 Å². The van der Waals surface area contributed by atoms with Crippen LogP contribution in [0.4, 0.5) is 5.69 Å². The van der Waals surface area contributed by atoms with Gasteiger partial charge >= 0.3 is 0 Å². The molecule has 0 bridgehead atoms. The molecule has 0 aliphatic carbocycles. The van der Waals surface area contributed by atoms with Crippen LogP contribution in [0.1, 0.15) is 17.5 Å². The average molecular weight is 329 g/mol. The Hall–Kier alpha value is -2.14. The van der Waals surface area contributed by atoms with Gasteiger partial charge < -0.3 is 4.90 Å². The fourth-order valence-electron chi connectivity index (χ4n) is 2.82. The molecule has 2 aromatic carbocycles. The highest BCUT2D eigenvalue weighted by molar-refractivity contribution is 7.91. The number of benzene rings is 2. The van der Waals surface area contributed by atoms with Gasteiger partial charge in [0, 0.05) is 18.7 Å². The smallest absolute Gasteiger partial charge is 0.228 e. The summed E-state index contributed by atoms with van der Waals surface area (Å²) in [5.41, 5.74) is 3.06. The molecular formula is C18H19NO3S. The molecule has 23 heavy (non-hydrogen) atoms. The Morgan fingerprint density at radius 1 is 1.09 bits per heavy atom. The van der Waals surface area contributed by atoms with Gasteiger partial charge in [-0.2, -0.15) is 0 Å². The van der Waals surface area contributed by atoms with E-state index in [0.29, 0.717) is 6.54 Å². The van der Waals surface area contributed by atoms with E-state index in [1.165, 1.54) is 0 Å².